The van der Waals surface area contributed by atoms with Gasteiger partial charge in [0.15, 0.2) is 0 Å². The third-order valence-corrected chi connectivity index (χ3v) is 14.4. The average Bonchev–Trinajstić information content (AvgIpc) is 4.06. The van der Waals surface area contributed by atoms with E-state index in [1.807, 2.05) is 6.92 Å². The van der Waals surface area contributed by atoms with Gasteiger partial charge in [0.25, 0.3) is 5.91 Å². The van der Waals surface area contributed by atoms with Gasteiger partial charge in [-0.05, 0) is 91.2 Å². The van der Waals surface area contributed by atoms with Crippen LogP contribution in [-0.4, -0.2) is 114 Å². The topological polar surface area (TPSA) is 204 Å². The molecule has 2 saturated carbocycles. The lowest BCUT2D eigenvalue weighted by molar-refractivity contribution is -0.244. The minimum atomic E-state index is -5.12. The van der Waals surface area contributed by atoms with Crippen LogP contribution < -0.4 is 24.8 Å². The summed E-state index contributed by atoms with van der Waals surface area (Å²) in [6.45, 7) is 7.10. The Labute approximate surface area is 372 Å². The van der Waals surface area contributed by atoms with Crippen molar-refractivity contribution in [3.63, 3.8) is 0 Å². The Bertz CT molecular complexity index is 2310. The van der Waals surface area contributed by atoms with Crippen molar-refractivity contribution in [2.24, 2.45) is 17.8 Å². The van der Waals surface area contributed by atoms with Crippen LogP contribution in [0.2, 0.25) is 0 Å². The molecule has 6 rings (SSSR count). The Hall–Kier alpha value is -4.93. The molecule has 7 atom stereocenters. The summed E-state index contributed by atoms with van der Waals surface area (Å²) in [7, 11) is -2.91. The molecule has 360 valence electrons. The molecule has 3 heterocycles. The van der Waals surface area contributed by atoms with Gasteiger partial charge in [-0.3, -0.25) is 19.1 Å². The van der Waals surface area contributed by atoms with Crippen molar-refractivity contribution in [2.75, 3.05) is 20.3 Å². The van der Waals surface area contributed by atoms with Gasteiger partial charge in [0.1, 0.15) is 29.5 Å². The van der Waals surface area contributed by atoms with Gasteiger partial charge in [0.05, 0.1) is 35.0 Å². The van der Waals surface area contributed by atoms with E-state index >= 15 is 0 Å². The Morgan fingerprint density at radius 2 is 1.74 bits per heavy atom. The monoisotopic (exact) mass is 948 g/mol. The zero-order chi connectivity index (χ0) is 48.1. The van der Waals surface area contributed by atoms with Gasteiger partial charge in [0, 0.05) is 31.4 Å². The van der Waals surface area contributed by atoms with Crippen molar-refractivity contribution in [2.45, 2.75) is 139 Å². The maximum Gasteiger partial charge on any atom is 0.438 e. The quantitative estimate of drug-likeness (QED) is 0.183. The molecule has 4 aliphatic rings. The largest absolute Gasteiger partial charge is 0.491 e. The molecule has 4 amide bonds. The number of ether oxygens (including phenoxy) is 4. The first kappa shape index (κ1) is 49.5. The lowest BCUT2D eigenvalue weighted by Gasteiger charge is -2.35. The van der Waals surface area contributed by atoms with Gasteiger partial charge in [-0.25, -0.2) is 23.2 Å². The van der Waals surface area contributed by atoms with Gasteiger partial charge >= 0.3 is 18.4 Å². The van der Waals surface area contributed by atoms with Crippen molar-refractivity contribution < 1.29 is 72.9 Å². The summed E-state index contributed by atoms with van der Waals surface area (Å²) >= 11 is 0. The highest BCUT2D eigenvalue weighted by Crippen LogP contribution is 2.48. The number of nitrogens with zero attached hydrogens (tertiary/aromatic N) is 3. The first-order valence-corrected chi connectivity index (χ1v) is 22.7. The van der Waals surface area contributed by atoms with Crippen LogP contribution in [-0.2, 0) is 40.1 Å². The van der Waals surface area contributed by atoms with Crippen LogP contribution in [0, 0.1) is 17.8 Å². The Morgan fingerprint density at radius 1 is 1.05 bits per heavy atom. The van der Waals surface area contributed by atoms with E-state index in [9.17, 15) is 53.9 Å². The standard InChI is InChI=1S/C42H54F6N6O10S/c1-22(2)62-26-12-13-28-29(17-26)50-34(32(49-28)41(43,44)45)63-27-18-30-33(55)52-40(36(57)53-65(59,60)39(6)14-15-39)19-25(40)11-9-8-10-23(3)16-24(21-61-7)31(35(56)54(30)20-27)51-37(58)64-38(4,5)42(46,47)48/h9,11-13,17,22-25,27,30-31H,8,10,14-16,18-21H2,1-7H3,(H,51,58)(H,52,55)(H,53,57)/b11-9-/t23-,24-,25+,27+,30-,31-,40+/m0/s1. The fourth-order valence-electron chi connectivity index (χ4n) is 8.03. The minimum absolute atomic E-state index is 0.0471. The number of amides is 4. The molecule has 3 fully saturated rings. The lowest BCUT2D eigenvalue weighted by Crippen LogP contribution is -2.60. The highest BCUT2D eigenvalue weighted by Gasteiger charge is 2.63. The molecule has 3 N–H and O–H groups in total. The number of rotatable bonds is 11. The number of carbonyl (C=O) groups is 4. The number of allylic oxidation sites excluding steroid dienone is 1. The zero-order valence-electron chi connectivity index (χ0n) is 36.9. The molecule has 0 radical (unpaired) electrons. The van der Waals surface area contributed by atoms with E-state index in [0.717, 1.165) is 4.90 Å². The minimum Gasteiger partial charge on any atom is -0.491 e. The molecule has 0 spiro atoms. The van der Waals surface area contributed by atoms with E-state index < -0.39 is 117 Å². The van der Waals surface area contributed by atoms with Crippen LogP contribution in [0.3, 0.4) is 0 Å². The normalized spacial score (nSPS) is 27.9. The van der Waals surface area contributed by atoms with Crippen LogP contribution in [0.5, 0.6) is 11.6 Å². The number of aromatic nitrogens is 2. The first-order valence-electron chi connectivity index (χ1n) is 21.2. The molecular weight excluding hydrogens is 895 g/mol. The summed E-state index contributed by atoms with van der Waals surface area (Å²) in [4.78, 5) is 65.7. The third kappa shape index (κ3) is 10.9. The van der Waals surface area contributed by atoms with Crippen molar-refractivity contribution in [1.82, 2.24) is 30.2 Å². The van der Waals surface area contributed by atoms with Crippen LogP contribution in [0.15, 0.2) is 30.4 Å². The predicted molar refractivity (Wildman–Crippen MR) is 220 cm³/mol. The number of carbonyl (C=O) groups excluding carboxylic acids is 4. The Morgan fingerprint density at radius 3 is 2.35 bits per heavy atom. The maximum atomic E-state index is 15.0. The highest BCUT2D eigenvalue weighted by atomic mass is 32.2. The zero-order valence-corrected chi connectivity index (χ0v) is 37.7. The smallest absolute Gasteiger partial charge is 0.438 e. The second-order valence-electron chi connectivity index (χ2n) is 18.4. The highest BCUT2D eigenvalue weighted by molar-refractivity contribution is 7.91. The predicted octanol–water partition coefficient (Wildman–Crippen LogP) is 5.73. The third-order valence-electron chi connectivity index (χ3n) is 12.3. The molecular formula is C42H54F6N6O10S. The number of nitrogens with one attached hydrogen (secondary N) is 3. The number of halogens is 6. The Balaban J connectivity index is 1.42. The Kier molecular flexibility index (Phi) is 13.7. The van der Waals surface area contributed by atoms with E-state index in [-0.39, 0.29) is 48.3 Å². The molecule has 1 aromatic carbocycles. The van der Waals surface area contributed by atoms with Crippen LogP contribution >= 0.6 is 0 Å². The summed E-state index contributed by atoms with van der Waals surface area (Å²) < 4.78 is 135. The summed E-state index contributed by atoms with van der Waals surface area (Å²) in [5, 5.41) is 4.90. The molecule has 2 aliphatic heterocycles. The fraction of sp³-hybridized carbons (Fsp3) is 0.667. The molecule has 65 heavy (non-hydrogen) atoms. The molecule has 16 nitrogen and oxygen atoms in total. The van der Waals surface area contributed by atoms with Gasteiger partial charge in [-0.1, -0.05) is 19.1 Å². The summed E-state index contributed by atoms with van der Waals surface area (Å²) in [5.74, 6) is -5.78. The molecule has 1 saturated heterocycles. The molecule has 2 aromatic rings. The summed E-state index contributed by atoms with van der Waals surface area (Å²) in [5.41, 5.74) is -6.59. The van der Waals surface area contributed by atoms with E-state index in [1.54, 1.807) is 26.0 Å². The molecule has 0 unspecified atom stereocenters. The number of alkyl carbamates (subject to hydrolysis) is 1. The van der Waals surface area contributed by atoms with Crippen LogP contribution in [0.1, 0.15) is 92.2 Å². The summed E-state index contributed by atoms with van der Waals surface area (Å²) in [6, 6.07) is 0.631. The second-order valence-corrected chi connectivity index (χ2v) is 20.6. The second kappa shape index (κ2) is 18.0. The van der Waals surface area contributed by atoms with Crippen LogP contribution in [0.25, 0.3) is 11.0 Å². The van der Waals surface area contributed by atoms with Gasteiger partial charge < -0.3 is 34.5 Å². The lowest BCUT2D eigenvalue weighted by atomic mass is 9.87. The number of alkyl halides is 6. The summed E-state index contributed by atoms with van der Waals surface area (Å²) in [6.07, 6.45) is -9.09. The van der Waals surface area contributed by atoms with Crippen molar-refractivity contribution in [1.29, 1.82) is 0 Å². The van der Waals surface area contributed by atoms with Crippen molar-refractivity contribution >= 4 is 44.9 Å². The fourth-order valence-corrected chi connectivity index (χ4v) is 9.34. The van der Waals surface area contributed by atoms with Gasteiger partial charge in [0.2, 0.25) is 39.0 Å². The molecule has 1 aromatic heterocycles. The van der Waals surface area contributed by atoms with Gasteiger partial charge in [-0.2, -0.15) is 26.3 Å². The van der Waals surface area contributed by atoms with Crippen LogP contribution in [0.4, 0.5) is 31.1 Å². The average molecular weight is 949 g/mol. The van der Waals surface area contributed by atoms with Crippen molar-refractivity contribution in [3.05, 3.63) is 36.0 Å². The number of methoxy groups -OCH3 is 1. The van der Waals surface area contributed by atoms with E-state index in [0.29, 0.717) is 39.5 Å². The number of benzene rings is 1. The molecule has 2 aliphatic carbocycles. The molecule has 0 bridgehead atoms. The van der Waals surface area contributed by atoms with Crippen molar-refractivity contribution in [3.8, 4) is 11.6 Å². The van der Waals surface area contributed by atoms with E-state index in [2.05, 4.69) is 25.3 Å². The number of sulfonamides is 1. The first-order chi connectivity index (χ1) is 30.1. The molecule has 23 heteroatoms. The number of fused-ring (bicyclic) bond motifs is 3. The van der Waals surface area contributed by atoms with E-state index in [1.165, 1.54) is 32.2 Å². The van der Waals surface area contributed by atoms with E-state index in [4.69, 9.17) is 18.9 Å². The van der Waals surface area contributed by atoms with Gasteiger partial charge in [-0.15, -0.1) is 0 Å². The number of hydrogen-bond acceptors (Lipinski definition) is 12. The number of hydrogen-bond donors (Lipinski definition) is 3. The maximum absolute atomic E-state index is 15.0. The SMILES string of the molecule is COC[C@@H]1C[C@@H](C)CC/C=C\[C@@H]2C[C@@]2(C(=O)NS(=O)(=O)C2(C)CC2)NC(=O)[C@@H]2C[C@@H](Oc3nc4cc(OC(C)C)ccc4nc3C(F)(F)F)CN2C(=O)[C@H]1NC(=O)OC(C)(C)C(F)(F)F.